The van der Waals surface area contributed by atoms with Crippen LogP contribution in [0.3, 0.4) is 0 Å². The molecule has 1 aliphatic heterocycles. The summed E-state index contributed by atoms with van der Waals surface area (Å²) in [5.41, 5.74) is 0. The zero-order valence-electron chi connectivity index (χ0n) is 8.72. The van der Waals surface area contributed by atoms with Crippen molar-refractivity contribution in [1.29, 1.82) is 0 Å². The Balaban J connectivity index is 2.19. The maximum absolute atomic E-state index is 11.1. The van der Waals surface area contributed by atoms with Crippen molar-refractivity contribution in [2.45, 2.75) is 12.3 Å². The van der Waals surface area contributed by atoms with E-state index in [9.17, 15) is 4.79 Å². The molecule has 1 aromatic rings. The van der Waals surface area contributed by atoms with Crippen LogP contribution in [0, 0.1) is 5.92 Å². The van der Waals surface area contributed by atoms with E-state index in [1.807, 2.05) is 19.2 Å². The van der Waals surface area contributed by atoms with Crippen molar-refractivity contribution in [3.05, 3.63) is 24.2 Å². The number of likely N-dealkylation sites (tertiary alicyclic amines) is 1. The molecule has 2 rings (SSSR count). The number of furan rings is 1. The minimum Gasteiger partial charge on any atom is -0.481 e. The second-order valence-electron chi connectivity index (χ2n) is 4.12. The summed E-state index contributed by atoms with van der Waals surface area (Å²) in [4.78, 5) is 13.2. The Morgan fingerprint density at radius 3 is 3.07 bits per heavy atom. The van der Waals surface area contributed by atoms with Gasteiger partial charge in [-0.2, -0.15) is 0 Å². The van der Waals surface area contributed by atoms with Gasteiger partial charge in [-0.25, -0.2) is 0 Å². The molecular formula is C11H15NO3. The van der Waals surface area contributed by atoms with Crippen molar-refractivity contribution < 1.29 is 14.3 Å². The molecule has 0 saturated carbocycles. The van der Waals surface area contributed by atoms with Gasteiger partial charge in [0.15, 0.2) is 0 Å². The van der Waals surface area contributed by atoms with E-state index in [4.69, 9.17) is 9.52 Å². The van der Waals surface area contributed by atoms with Gasteiger partial charge in [0.1, 0.15) is 5.76 Å². The van der Waals surface area contributed by atoms with Gasteiger partial charge in [0.2, 0.25) is 0 Å². The van der Waals surface area contributed by atoms with Crippen LogP contribution in [0.25, 0.3) is 0 Å². The molecule has 4 nitrogen and oxygen atoms in total. The van der Waals surface area contributed by atoms with Gasteiger partial charge in [0.05, 0.1) is 12.2 Å². The van der Waals surface area contributed by atoms with Crippen molar-refractivity contribution >= 4 is 5.97 Å². The fourth-order valence-electron chi connectivity index (χ4n) is 2.21. The van der Waals surface area contributed by atoms with E-state index in [0.29, 0.717) is 6.54 Å². The Labute approximate surface area is 88.5 Å². The summed E-state index contributed by atoms with van der Waals surface area (Å²) in [5.74, 6) is -0.262. The van der Waals surface area contributed by atoms with E-state index in [0.717, 1.165) is 18.7 Å². The van der Waals surface area contributed by atoms with Crippen LogP contribution in [-0.4, -0.2) is 36.1 Å². The molecule has 1 saturated heterocycles. The summed E-state index contributed by atoms with van der Waals surface area (Å²) in [7, 11) is 1.95. The number of rotatable bonds is 2. The summed E-state index contributed by atoms with van der Waals surface area (Å²) >= 11 is 0. The third kappa shape index (κ3) is 2.04. The minimum absolute atomic E-state index is 0.0219. The molecule has 15 heavy (non-hydrogen) atoms. The predicted molar refractivity (Wildman–Crippen MR) is 54.7 cm³/mol. The molecule has 0 aliphatic carbocycles. The lowest BCUT2D eigenvalue weighted by molar-refractivity contribution is -0.144. The first kappa shape index (κ1) is 10.2. The van der Waals surface area contributed by atoms with Crippen LogP contribution in [0.15, 0.2) is 22.8 Å². The molecule has 0 aromatic carbocycles. The lowest BCUT2D eigenvalue weighted by Crippen LogP contribution is -2.40. The van der Waals surface area contributed by atoms with Gasteiger partial charge in [-0.05, 0) is 32.1 Å². The Kier molecular flexibility index (Phi) is 2.77. The van der Waals surface area contributed by atoms with E-state index in [-0.39, 0.29) is 11.8 Å². The molecule has 1 aromatic heterocycles. The summed E-state index contributed by atoms with van der Waals surface area (Å²) in [6.07, 6.45) is 2.45. The van der Waals surface area contributed by atoms with Gasteiger partial charge in [0, 0.05) is 12.5 Å². The molecule has 0 spiro atoms. The fourth-order valence-corrected chi connectivity index (χ4v) is 2.21. The number of hydrogen-bond acceptors (Lipinski definition) is 3. The maximum atomic E-state index is 11.1. The lowest BCUT2D eigenvalue weighted by atomic mass is 9.84. The van der Waals surface area contributed by atoms with Gasteiger partial charge >= 0.3 is 5.97 Å². The number of aliphatic carboxylic acids is 1. The first-order chi connectivity index (χ1) is 7.18. The minimum atomic E-state index is -0.733. The molecule has 1 N–H and O–H groups in total. The summed E-state index contributed by atoms with van der Waals surface area (Å²) in [6.45, 7) is 1.52. The number of nitrogens with zero attached hydrogens (tertiary/aromatic N) is 1. The monoisotopic (exact) mass is 209 g/mol. The third-order valence-corrected chi connectivity index (χ3v) is 3.04. The molecular weight excluding hydrogens is 194 g/mol. The number of carboxylic acid groups (broad SMARTS) is 1. The Morgan fingerprint density at radius 1 is 1.67 bits per heavy atom. The SMILES string of the molecule is CN1CC[C@H](c2ccco2)[C@@H](C(=O)O)C1. The highest BCUT2D eigenvalue weighted by Crippen LogP contribution is 2.32. The largest absolute Gasteiger partial charge is 0.481 e. The summed E-state index contributed by atoms with van der Waals surface area (Å²) in [5, 5.41) is 9.16. The van der Waals surface area contributed by atoms with Crippen molar-refractivity contribution in [2.75, 3.05) is 20.1 Å². The van der Waals surface area contributed by atoms with Gasteiger partial charge in [-0.15, -0.1) is 0 Å². The Morgan fingerprint density at radius 2 is 2.47 bits per heavy atom. The average molecular weight is 209 g/mol. The average Bonchev–Trinajstić information content (AvgIpc) is 2.70. The summed E-state index contributed by atoms with van der Waals surface area (Å²) in [6, 6.07) is 3.68. The molecule has 0 radical (unpaired) electrons. The number of carbonyl (C=O) groups is 1. The van der Waals surface area contributed by atoms with Crippen molar-refractivity contribution in [2.24, 2.45) is 5.92 Å². The molecule has 0 amide bonds. The fraction of sp³-hybridized carbons (Fsp3) is 0.545. The zero-order valence-corrected chi connectivity index (χ0v) is 8.72. The number of piperidine rings is 1. The van der Waals surface area contributed by atoms with Crippen molar-refractivity contribution in [3.63, 3.8) is 0 Å². The second-order valence-corrected chi connectivity index (χ2v) is 4.12. The third-order valence-electron chi connectivity index (χ3n) is 3.04. The van der Waals surface area contributed by atoms with Crippen LogP contribution < -0.4 is 0 Å². The molecule has 1 aliphatic rings. The molecule has 82 valence electrons. The summed E-state index contributed by atoms with van der Waals surface area (Å²) < 4.78 is 5.31. The number of hydrogen-bond donors (Lipinski definition) is 1. The van der Waals surface area contributed by atoms with Gasteiger partial charge in [-0.3, -0.25) is 4.79 Å². The van der Waals surface area contributed by atoms with Crippen molar-refractivity contribution in [1.82, 2.24) is 4.90 Å². The standard InChI is InChI=1S/C11H15NO3/c1-12-5-4-8(9(7-12)11(13)14)10-3-2-6-15-10/h2-3,6,8-9H,4-5,7H2,1H3,(H,13,14)/t8-,9-/m0/s1. The molecule has 0 bridgehead atoms. The van der Waals surface area contributed by atoms with Gasteiger partial charge in [0.25, 0.3) is 0 Å². The Hall–Kier alpha value is -1.29. The quantitative estimate of drug-likeness (QED) is 0.800. The van der Waals surface area contributed by atoms with E-state index >= 15 is 0 Å². The molecule has 2 atom stereocenters. The van der Waals surface area contributed by atoms with Crippen LogP contribution in [0.4, 0.5) is 0 Å². The Bertz CT molecular complexity index is 334. The highest BCUT2D eigenvalue weighted by atomic mass is 16.4. The first-order valence-corrected chi connectivity index (χ1v) is 5.13. The van der Waals surface area contributed by atoms with Crippen LogP contribution in [0.2, 0.25) is 0 Å². The van der Waals surface area contributed by atoms with Gasteiger partial charge < -0.3 is 14.4 Å². The first-order valence-electron chi connectivity index (χ1n) is 5.13. The van der Waals surface area contributed by atoms with Crippen LogP contribution in [0.5, 0.6) is 0 Å². The van der Waals surface area contributed by atoms with E-state index in [1.54, 1.807) is 6.26 Å². The highest BCUT2D eigenvalue weighted by molar-refractivity contribution is 5.71. The molecule has 2 heterocycles. The van der Waals surface area contributed by atoms with E-state index in [2.05, 4.69) is 4.90 Å². The molecule has 4 heteroatoms. The van der Waals surface area contributed by atoms with Crippen molar-refractivity contribution in [3.8, 4) is 0 Å². The highest BCUT2D eigenvalue weighted by Gasteiger charge is 2.35. The van der Waals surface area contributed by atoms with Crippen LogP contribution >= 0.6 is 0 Å². The predicted octanol–water partition coefficient (Wildman–Crippen LogP) is 1.40. The van der Waals surface area contributed by atoms with Gasteiger partial charge in [-0.1, -0.05) is 0 Å². The smallest absolute Gasteiger partial charge is 0.308 e. The second kappa shape index (κ2) is 4.06. The van der Waals surface area contributed by atoms with E-state index in [1.165, 1.54) is 0 Å². The normalized spacial score (nSPS) is 27.8. The molecule has 0 unspecified atom stereocenters. The maximum Gasteiger partial charge on any atom is 0.308 e. The van der Waals surface area contributed by atoms with Crippen LogP contribution in [0.1, 0.15) is 18.1 Å². The van der Waals surface area contributed by atoms with E-state index < -0.39 is 5.97 Å². The topological polar surface area (TPSA) is 53.7 Å². The number of carboxylic acids is 1. The zero-order chi connectivity index (χ0) is 10.8. The molecule has 1 fully saturated rings. The lowest BCUT2D eigenvalue weighted by Gasteiger charge is -2.33. The van der Waals surface area contributed by atoms with Crippen LogP contribution in [-0.2, 0) is 4.79 Å².